The van der Waals surface area contributed by atoms with Crippen molar-refractivity contribution in [2.75, 3.05) is 6.54 Å². The molecule has 1 saturated carbocycles. The van der Waals surface area contributed by atoms with Gasteiger partial charge in [-0.3, -0.25) is 0 Å². The number of guanidine groups is 1. The molecule has 5 nitrogen and oxygen atoms in total. The van der Waals surface area contributed by atoms with Crippen LogP contribution in [0.4, 0.5) is 5.69 Å². The first-order chi connectivity index (χ1) is 13.2. The molecule has 1 unspecified atom stereocenters. The van der Waals surface area contributed by atoms with Crippen molar-refractivity contribution in [1.29, 1.82) is 0 Å². The van der Waals surface area contributed by atoms with E-state index in [1.807, 2.05) is 42.5 Å². The van der Waals surface area contributed by atoms with E-state index < -0.39 is 0 Å². The third-order valence-electron chi connectivity index (χ3n) is 5.64. The predicted molar refractivity (Wildman–Crippen MR) is 109 cm³/mol. The van der Waals surface area contributed by atoms with Crippen molar-refractivity contribution < 1.29 is 4.74 Å². The highest BCUT2D eigenvalue weighted by Crippen LogP contribution is 2.32. The third-order valence-corrected chi connectivity index (χ3v) is 5.64. The molecular weight excluding hydrogens is 336 g/mol. The number of benzene rings is 2. The fraction of sp³-hybridized carbons (Fsp3) is 0.409. The predicted octanol–water partition coefficient (Wildman–Crippen LogP) is 4.15. The van der Waals surface area contributed by atoms with Gasteiger partial charge in [-0.15, -0.1) is 0 Å². The summed E-state index contributed by atoms with van der Waals surface area (Å²) in [5.41, 5.74) is 14.8. The van der Waals surface area contributed by atoms with Crippen LogP contribution >= 0.6 is 0 Å². The zero-order valence-electron chi connectivity index (χ0n) is 15.7. The minimum Gasteiger partial charge on any atom is -0.457 e. The normalized spacial score (nSPS) is 18.6. The maximum absolute atomic E-state index is 6.52. The lowest BCUT2D eigenvalue weighted by molar-refractivity contribution is 0.256. The second-order valence-corrected chi connectivity index (χ2v) is 7.62. The van der Waals surface area contributed by atoms with Crippen molar-refractivity contribution in [2.24, 2.45) is 22.4 Å². The number of aliphatic imine (C=N–C) groups is 1. The molecule has 4 N–H and O–H groups in total. The van der Waals surface area contributed by atoms with Gasteiger partial charge in [0.15, 0.2) is 5.96 Å². The number of hydrogen-bond acceptors (Lipinski definition) is 5. The highest BCUT2D eigenvalue weighted by atomic mass is 16.5. The van der Waals surface area contributed by atoms with Gasteiger partial charge < -0.3 is 21.1 Å². The Labute approximate surface area is 161 Å². The van der Waals surface area contributed by atoms with E-state index in [1.54, 1.807) is 0 Å². The van der Waals surface area contributed by atoms with Crippen LogP contribution in [0.25, 0.3) is 0 Å². The maximum atomic E-state index is 6.52. The fourth-order valence-corrected chi connectivity index (χ4v) is 4.09. The standard InChI is InChI=1S/C22H28N4O/c23-20(16-7-3-1-4-8-16)15-26-14-17-13-19(11-12-21(17)25-22(26)24)27-18-9-5-2-6-10-18/h2,5-6,9-13,16,20H,1,3-4,7-8,14-15,23H2,(H2,24,25). The van der Waals surface area contributed by atoms with Gasteiger partial charge in [0.05, 0.1) is 5.69 Å². The molecule has 1 aliphatic heterocycles. The van der Waals surface area contributed by atoms with Crippen molar-refractivity contribution in [3.63, 3.8) is 0 Å². The summed E-state index contributed by atoms with van der Waals surface area (Å²) in [7, 11) is 0. The molecule has 2 aliphatic rings. The molecule has 5 heteroatoms. The van der Waals surface area contributed by atoms with Gasteiger partial charge in [-0.05, 0) is 49.1 Å². The van der Waals surface area contributed by atoms with Crippen molar-refractivity contribution in [2.45, 2.75) is 44.7 Å². The molecule has 1 heterocycles. The summed E-state index contributed by atoms with van der Waals surface area (Å²) in [4.78, 5) is 6.69. The molecule has 0 spiro atoms. The Morgan fingerprint density at radius 3 is 2.59 bits per heavy atom. The molecule has 0 aromatic heterocycles. The van der Waals surface area contributed by atoms with E-state index in [1.165, 1.54) is 32.1 Å². The lowest BCUT2D eigenvalue weighted by Crippen LogP contribution is -2.48. The van der Waals surface area contributed by atoms with Crippen LogP contribution in [0, 0.1) is 5.92 Å². The molecule has 4 rings (SSSR count). The summed E-state index contributed by atoms with van der Waals surface area (Å²) in [5.74, 6) is 2.80. The zero-order chi connectivity index (χ0) is 18.6. The summed E-state index contributed by atoms with van der Waals surface area (Å²) in [6.45, 7) is 1.47. The monoisotopic (exact) mass is 364 g/mol. The number of nitrogens with zero attached hydrogens (tertiary/aromatic N) is 2. The maximum Gasteiger partial charge on any atom is 0.196 e. The second kappa shape index (κ2) is 8.01. The van der Waals surface area contributed by atoms with Gasteiger partial charge in [0.2, 0.25) is 0 Å². The Morgan fingerprint density at radius 2 is 1.81 bits per heavy atom. The highest BCUT2D eigenvalue weighted by Gasteiger charge is 2.25. The van der Waals surface area contributed by atoms with Crippen LogP contribution in [0.2, 0.25) is 0 Å². The van der Waals surface area contributed by atoms with Crippen molar-refractivity contribution in [3.05, 3.63) is 54.1 Å². The summed E-state index contributed by atoms with van der Waals surface area (Å²) in [6.07, 6.45) is 6.40. The Hall–Kier alpha value is -2.53. The van der Waals surface area contributed by atoms with Gasteiger partial charge in [-0.1, -0.05) is 37.5 Å². The average molecular weight is 364 g/mol. The first-order valence-corrected chi connectivity index (χ1v) is 9.89. The highest BCUT2D eigenvalue weighted by molar-refractivity contribution is 5.83. The van der Waals surface area contributed by atoms with Gasteiger partial charge in [0, 0.05) is 24.7 Å². The number of fused-ring (bicyclic) bond motifs is 1. The van der Waals surface area contributed by atoms with Crippen LogP contribution in [0.15, 0.2) is 53.5 Å². The van der Waals surface area contributed by atoms with E-state index in [0.29, 0.717) is 11.9 Å². The molecule has 0 bridgehead atoms. The third kappa shape index (κ3) is 4.25. The fourth-order valence-electron chi connectivity index (χ4n) is 4.09. The van der Waals surface area contributed by atoms with Crippen LogP contribution in [0.3, 0.4) is 0 Å². The molecule has 142 valence electrons. The molecule has 0 radical (unpaired) electrons. The molecular formula is C22H28N4O. The van der Waals surface area contributed by atoms with Crippen molar-refractivity contribution in [1.82, 2.24) is 4.90 Å². The average Bonchev–Trinajstić information content (AvgIpc) is 2.70. The van der Waals surface area contributed by atoms with Gasteiger partial charge in [-0.2, -0.15) is 0 Å². The van der Waals surface area contributed by atoms with E-state index >= 15 is 0 Å². The largest absolute Gasteiger partial charge is 0.457 e. The van der Waals surface area contributed by atoms with Crippen LogP contribution < -0.4 is 16.2 Å². The van der Waals surface area contributed by atoms with Crippen LogP contribution in [0.5, 0.6) is 11.5 Å². The molecule has 0 amide bonds. The Morgan fingerprint density at radius 1 is 1.04 bits per heavy atom. The Bertz CT molecular complexity index is 799. The van der Waals surface area contributed by atoms with E-state index in [2.05, 4.69) is 16.0 Å². The topological polar surface area (TPSA) is 76.9 Å². The number of nitrogens with two attached hydrogens (primary N) is 2. The molecule has 27 heavy (non-hydrogen) atoms. The molecule has 1 aliphatic carbocycles. The van der Waals surface area contributed by atoms with E-state index in [-0.39, 0.29) is 6.04 Å². The second-order valence-electron chi connectivity index (χ2n) is 7.62. The number of para-hydroxylation sites is 1. The first kappa shape index (κ1) is 17.9. The summed E-state index contributed by atoms with van der Waals surface area (Å²) < 4.78 is 5.96. The Balaban J connectivity index is 1.46. The SMILES string of the molecule is NC1=Nc2ccc(Oc3ccccc3)cc2CN1CC(N)C1CCCCC1. The number of hydrogen-bond donors (Lipinski definition) is 2. The molecule has 2 aromatic carbocycles. The summed E-state index contributed by atoms with van der Waals surface area (Å²) in [5, 5.41) is 0. The van der Waals surface area contributed by atoms with Crippen LogP contribution in [-0.2, 0) is 6.54 Å². The van der Waals surface area contributed by atoms with E-state index in [9.17, 15) is 0 Å². The minimum atomic E-state index is 0.143. The minimum absolute atomic E-state index is 0.143. The quantitative estimate of drug-likeness (QED) is 0.835. The molecule has 1 atom stereocenters. The van der Waals surface area contributed by atoms with E-state index in [0.717, 1.165) is 35.8 Å². The number of rotatable bonds is 5. The lowest BCUT2D eigenvalue weighted by atomic mass is 9.84. The molecule has 2 aromatic rings. The lowest BCUT2D eigenvalue weighted by Gasteiger charge is -2.34. The van der Waals surface area contributed by atoms with Crippen molar-refractivity contribution in [3.8, 4) is 11.5 Å². The van der Waals surface area contributed by atoms with Gasteiger partial charge >= 0.3 is 0 Å². The van der Waals surface area contributed by atoms with Gasteiger partial charge in [0.1, 0.15) is 11.5 Å². The summed E-state index contributed by atoms with van der Waals surface area (Å²) in [6, 6.07) is 15.9. The number of ether oxygens (including phenoxy) is 1. The van der Waals surface area contributed by atoms with Gasteiger partial charge in [0.25, 0.3) is 0 Å². The zero-order valence-corrected chi connectivity index (χ0v) is 15.7. The summed E-state index contributed by atoms with van der Waals surface area (Å²) >= 11 is 0. The van der Waals surface area contributed by atoms with Crippen LogP contribution in [-0.4, -0.2) is 23.4 Å². The molecule has 0 saturated heterocycles. The first-order valence-electron chi connectivity index (χ1n) is 9.89. The van der Waals surface area contributed by atoms with Crippen LogP contribution in [0.1, 0.15) is 37.7 Å². The van der Waals surface area contributed by atoms with Gasteiger partial charge in [-0.25, -0.2) is 4.99 Å². The molecule has 1 fully saturated rings. The van der Waals surface area contributed by atoms with Crippen molar-refractivity contribution >= 4 is 11.6 Å². The van der Waals surface area contributed by atoms with E-state index in [4.69, 9.17) is 16.2 Å². The Kier molecular flexibility index (Phi) is 5.30. The smallest absolute Gasteiger partial charge is 0.196 e.